The van der Waals surface area contributed by atoms with Gasteiger partial charge in [-0.3, -0.25) is 0 Å². The van der Waals surface area contributed by atoms with Crippen molar-refractivity contribution < 1.29 is 9.53 Å². The Bertz CT molecular complexity index is 440. The Morgan fingerprint density at radius 1 is 1.53 bits per heavy atom. The second-order valence-corrected chi connectivity index (χ2v) is 7.12. The molecule has 1 aliphatic heterocycles. The average molecular weight is 282 g/mol. The van der Waals surface area contributed by atoms with Gasteiger partial charge in [-0.25, -0.2) is 4.79 Å². The maximum absolute atomic E-state index is 12.0. The van der Waals surface area contributed by atoms with Gasteiger partial charge < -0.3 is 15.4 Å². The van der Waals surface area contributed by atoms with Gasteiger partial charge in [0.1, 0.15) is 0 Å². The molecule has 0 aliphatic carbocycles. The second-order valence-electron chi connectivity index (χ2n) is 6.17. The fourth-order valence-electron chi connectivity index (χ4n) is 2.33. The van der Waals surface area contributed by atoms with E-state index in [9.17, 15) is 4.79 Å². The highest BCUT2D eigenvalue weighted by Crippen LogP contribution is 2.26. The highest BCUT2D eigenvalue weighted by Gasteiger charge is 2.33. The third-order valence-corrected chi connectivity index (χ3v) is 4.51. The van der Waals surface area contributed by atoms with Crippen LogP contribution in [0, 0.1) is 0 Å². The third kappa shape index (κ3) is 3.70. The molecule has 1 aliphatic rings. The monoisotopic (exact) mass is 282 g/mol. The molecule has 4 nitrogen and oxygen atoms in total. The quantitative estimate of drug-likeness (QED) is 0.895. The van der Waals surface area contributed by atoms with Crippen LogP contribution < -0.4 is 10.6 Å². The van der Waals surface area contributed by atoms with Crippen molar-refractivity contribution in [1.82, 2.24) is 10.6 Å². The minimum absolute atomic E-state index is 0.0918. The SMILES string of the molecule is CC1(C)CC(NC(=O)NC(C)(C)c2cccs2)CO1. The Balaban J connectivity index is 1.88. The van der Waals surface area contributed by atoms with Gasteiger partial charge in [-0.15, -0.1) is 11.3 Å². The maximum atomic E-state index is 12.0. The van der Waals surface area contributed by atoms with Crippen LogP contribution in [0.15, 0.2) is 17.5 Å². The zero-order chi connectivity index (χ0) is 14.1. The van der Waals surface area contributed by atoms with E-state index in [1.165, 1.54) is 0 Å². The highest BCUT2D eigenvalue weighted by molar-refractivity contribution is 7.10. The Kier molecular flexibility index (Phi) is 3.87. The van der Waals surface area contributed by atoms with Crippen LogP contribution in [0.1, 0.15) is 39.0 Å². The van der Waals surface area contributed by atoms with Gasteiger partial charge in [-0.05, 0) is 45.6 Å². The van der Waals surface area contributed by atoms with Gasteiger partial charge >= 0.3 is 6.03 Å². The fraction of sp³-hybridized carbons (Fsp3) is 0.643. The van der Waals surface area contributed by atoms with Gasteiger partial charge in [0, 0.05) is 4.88 Å². The molecule has 1 aromatic rings. The first-order chi connectivity index (χ1) is 8.78. The van der Waals surface area contributed by atoms with E-state index < -0.39 is 0 Å². The molecule has 1 atom stereocenters. The van der Waals surface area contributed by atoms with Gasteiger partial charge in [-0.1, -0.05) is 6.07 Å². The topological polar surface area (TPSA) is 50.4 Å². The van der Waals surface area contributed by atoms with E-state index in [-0.39, 0.29) is 23.2 Å². The van der Waals surface area contributed by atoms with Gasteiger partial charge in [-0.2, -0.15) is 0 Å². The number of hydrogen-bond donors (Lipinski definition) is 2. The van der Waals surface area contributed by atoms with E-state index >= 15 is 0 Å². The molecule has 0 aromatic carbocycles. The minimum Gasteiger partial charge on any atom is -0.373 e. The van der Waals surface area contributed by atoms with Crippen molar-refractivity contribution >= 4 is 17.4 Å². The third-order valence-electron chi connectivity index (χ3n) is 3.31. The molecule has 1 saturated heterocycles. The van der Waals surface area contributed by atoms with Crippen LogP contribution in [0.2, 0.25) is 0 Å². The predicted octanol–water partition coefficient (Wildman–Crippen LogP) is 2.85. The van der Waals surface area contributed by atoms with E-state index in [1.54, 1.807) is 11.3 Å². The Morgan fingerprint density at radius 2 is 2.26 bits per heavy atom. The normalized spacial score (nSPS) is 22.2. The lowest BCUT2D eigenvalue weighted by atomic mass is 10.0. The van der Waals surface area contributed by atoms with E-state index in [1.807, 2.05) is 45.2 Å². The van der Waals surface area contributed by atoms with Crippen molar-refractivity contribution in [2.75, 3.05) is 6.61 Å². The smallest absolute Gasteiger partial charge is 0.315 e. The lowest BCUT2D eigenvalue weighted by Gasteiger charge is -2.26. The van der Waals surface area contributed by atoms with Crippen molar-refractivity contribution in [3.63, 3.8) is 0 Å². The Labute approximate surface area is 118 Å². The number of nitrogens with one attached hydrogen (secondary N) is 2. The van der Waals surface area contributed by atoms with Gasteiger partial charge in [0.25, 0.3) is 0 Å². The summed E-state index contributed by atoms with van der Waals surface area (Å²) < 4.78 is 5.62. The molecule has 1 fully saturated rings. The molecule has 1 aromatic heterocycles. The first-order valence-electron chi connectivity index (χ1n) is 6.55. The molecule has 2 heterocycles. The molecule has 2 amide bonds. The number of carbonyl (C=O) groups excluding carboxylic acids is 1. The zero-order valence-corrected chi connectivity index (χ0v) is 12.8. The second kappa shape index (κ2) is 5.13. The summed E-state index contributed by atoms with van der Waals surface area (Å²) >= 11 is 1.65. The predicted molar refractivity (Wildman–Crippen MR) is 77.4 cm³/mol. The number of urea groups is 1. The average Bonchev–Trinajstić information content (AvgIpc) is 2.86. The molecule has 19 heavy (non-hydrogen) atoms. The Hall–Kier alpha value is -1.07. The molecule has 5 heteroatoms. The van der Waals surface area contributed by atoms with Gasteiger partial charge in [0.15, 0.2) is 0 Å². The van der Waals surface area contributed by atoms with Crippen molar-refractivity contribution in [1.29, 1.82) is 0 Å². The molecule has 0 radical (unpaired) electrons. The standard InChI is InChI=1S/C14H22N2O2S/c1-13(2)8-10(9-18-13)15-12(17)16-14(3,4)11-6-5-7-19-11/h5-7,10H,8-9H2,1-4H3,(H2,15,16,17). The van der Waals surface area contributed by atoms with E-state index in [0.717, 1.165) is 11.3 Å². The highest BCUT2D eigenvalue weighted by atomic mass is 32.1. The fourth-order valence-corrected chi connectivity index (χ4v) is 3.14. The summed E-state index contributed by atoms with van der Waals surface area (Å²) in [5.41, 5.74) is -0.492. The summed E-state index contributed by atoms with van der Waals surface area (Å²) in [6.07, 6.45) is 0.847. The summed E-state index contributed by atoms with van der Waals surface area (Å²) in [5.74, 6) is 0. The van der Waals surface area contributed by atoms with Crippen LogP contribution in [0.3, 0.4) is 0 Å². The van der Waals surface area contributed by atoms with Crippen LogP contribution in [-0.2, 0) is 10.3 Å². The van der Waals surface area contributed by atoms with Crippen molar-refractivity contribution in [2.24, 2.45) is 0 Å². The molecule has 1 unspecified atom stereocenters. The zero-order valence-electron chi connectivity index (χ0n) is 11.9. The van der Waals surface area contributed by atoms with Crippen LogP contribution in [0.25, 0.3) is 0 Å². The lowest BCUT2D eigenvalue weighted by Crippen LogP contribution is -2.49. The largest absolute Gasteiger partial charge is 0.373 e. The molecule has 2 N–H and O–H groups in total. The molecular formula is C14H22N2O2S. The summed E-state index contributed by atoms with van der Waals surface area (Å²) in [4.78, 5) is 13.2. The Morgan fingerprint density at radius 3 is 2.79 bits per heavy atom. The lowest BCUT2D eigenvalue weighted by molar-refractivity contribution is 0.0358. The van der Waals surface area contributed by atoms with Crippen LogP contribution in [0.5, 0.6) is 0 Å². The molecule has 106 valence electrons. The molecule has 2 rings (SSSR count). The first-order valence-corrected chi connectivity index (χ1v) is 7.43. The van der Waals surface area contributed by atoms with Crippen LogP contribution >= 0.6 is 11.3 Å². The number of rotatable bonds is 3. The van der Waals surface area contributed by atoms with Crippen molar-refractivity contribution in [3.8, 4) is 0 Å². The molecule has 0 saturated carbocycles. The summed E-state index contributed by atoms with van der Waals surface area (Å²) in [5, 5.41) is 8.02. The van der Waals surface area contributed by atoms with Crippen molar-refractivity contribution in [3.05, 3.63) is 22.4 Å². The van der Waals surface area contributed by atoms with E-state index in [2.05, 4.69) is 10.6 Å². The first kappa shape index (κ1) is 14.3. The molecule has 0 bridgehead atoms. The maximum Gasteiger partial charge on any atom is 0.315 e. The van der Waals surface area contributed by atoms with Crippen LogP contribution in [-0.4, -0.2) is 24.3 Å². The van der Waals surface area contributed by atoms with Crippen molar-refractivity contribution in [2.45, 2.75) is 51.3 Å². The number of hydrogen-bond acceptors (Lipinski definition) is 3. The molecular weight excluding hydrogens is 260 g/mol. The molecule has 0 spiro atoms. The number of thiophene rings is 1. The van der Waals surface area contributed by atoms with E-state index in [0.29, 0.717) is 6.61 Å². The number of ether oxygens (including phenoxy) is 1. The van der Waals surface area contributed by atoms with Gasteiger partial charge in [0.05, 0.1) is 23.8 Å². The summed E-state index contributed by atoms with van der Waals surface area (Å²) in [6.45, 7) is 8.69. The van der Waals surface area contributed by atoms with Gasteiger partial charge in [0.2, 0.25) is 0 Å². The van der Waals surface area contributed by atoms with Crippen LogP contribution in [0.4, 0.5) is 4.79 Å². The number of carbonyl (C=O) groups is 1. The van der Waals surface area contributed by atoms with E-state index in [4.69, 9.17) is 4.74 Å². The summed E-state index contributed by atoms with van der Waals surface area (Å²) in [6, 6.07) is 3.99. The minimum atomic E-state index is -0.354. The summed E-state index contributed by atoms with van der Waals surface area (Å²) in [7, 11) is 0. The number of amides is 2.